The van der Waals surface area contributed by atoms with Gasteiger partial charge in [0.1, 0.15) is 0 Å². The Balaban J connectivity index is 2.07. The van der Waals surface area contributed by atoms with Crippen LogP contribution in [0.3, 0.4) is 0 Å². The van der Waals surface area contributed by atoms with Crippen LogP contribution in [-0.4, -0.2) is 18.3 Å². The highest BCUT2D eigenvalue weighted by Crippen LogP contribution is 2.42. The minimum Gasteiger partial charge on any atom is -0.403 e. The highest BCUT2D eigenvalue weighted by atomic mass is 16.7. The van der Waals surface area contributed by atoms with Crippen LogP contribution in [0.2, 0.25) is 5.82 Å². The Hall–Kier alpha value is -0.275. The zero-order valence-electron chi connectivity index (χ0n) is 11.0. The molecular weight excluding hydrogens is 199 g/mol. The third-order valence-electron chi connectivity index (χ3n) is 4.16. The Kier molecular flexibility index (Phi) is 3.19. The van der Waals surface area contributed by atoms with Crippen molar-refractivity contribution in [3.05, 3.63) is 12.2 Å². The number of hydrogen-bond acceptors (Lipinski definition) is 2. The molecule has 1 atom stereocenters. The lowest BCUT2D eigenvalue weighted by Gasteiger charge is -2.32. The van der Waals surface area contributed by atoms with Crippen LogP contribution in [-0.2, 0) is 9.31 Å². The van der Waals surface area contributed by atoms with E-state index in [0.717, 1.165) is 0 Å². The summed E-state index contributed by atoms with van der Waals surface area (Å²) in [6, 6.07) is 0. The van der Waals surface area contributed by atoms with Gasteiger partial charge in [-0.3, -0.25) is 0 Å². The van der Waals surface area contributed by atoms with Gasteiger partial charge in [0.25, 0.3) is 0 Å². The molecule has 1 unspecified atom stereocenters. The molecule has 90 valence electrons. The van der Waals surface area contributed by atoms with Crippen molar-refractivity contribution in [2.75, 3.05) is 0 Å². The van der Waals surface area contributed by atoms with Crippen molar-refractivity contribution in [3.8, 4) is 0 Å². The summed E-state index contributed by atoms with van der Waals surface area (Å²) in [6.07, 6.45) is 9.54. The Morgan fingerprint density at radius 1 is 1.06 bits per heavy atom. The molecule has 0 amide bonds. The maximum absolute atomic E-state index is 6.09. The molecule has 0 N–H and O–H groups in total. The van der Waals surface area contributed by atoms with Gasteiger partial charge in [0, 0.05) is 5.82 Å². The first-order chi connectivity index (χ1) is 7.42. The molecule has 0 aromatic rings. The molecule has 1 heterocycles. The predicted molar refractivity (Wildman–Crippen MR) is 67.4 cm³/mol. The second kappa shape index (κ2) is 4.19. The molecule has 1 saturated heterocycles. The van der Waals surface area contributed by atoms with Crippen LogP contribution < -0.4 is 0 Å². The van der Waals surface area contributed by atoms with Crippen molar-refractivity contribution < 1.29 is 9.31 Å². The molecule has 1 fully saturated rings. The van der Waals surface area contributed by atoms with Crippen LogP contribution >= 0.6 is 0 Å². The van der Waals surface area contributed by atoms with Gasteiger partial charge in [-0.2, -0.15) is 0 Å². The van der Waals surface area contributed by atoms with Gasteiger partial charge in [-0.25, -0.2) is 0 Å². The smallest absolute Gasteiger partial charge is 0.403 e. The summed E-state index contributed by atoms with van der Waals surface area (Å²) in [5.74, 6) is 0.434. The summed E-state index contributed by atoms with van der Waals surface area (Å²) in [5.41, 5.74) is -0.393. The predicted octanol–water partition coefficient (Wildman–Crippen LogP) is 3.58. The van der Waals surface area contributed by atoms with E-state index in [1.165, 1.54) is 25.7 Å². The standard InChI is InChI=1S/C13H23BO2/c1-12(2)13(3,4)16-14(15-12)11-9-7-5-6-8-10-11/h7,9,11H,5-6,8,10H2,1-4H3. The van der Waals surface area contributed by atoms with Crippen molar-refractivity contribution in [3.63, 3.8) is 0 Å². The average Bonchev–Trinajstić information content (AvgIpc) is 2.42. The van der Waals surface area contributed by atoms with Gasteiger partial charge in [0.2, 0.25) is 0 Å². The van der Waals surface area contributed by atoms with E-state index >= 15 is 0 Å². The van der Waals surface area contributed by atoms with Crippen molar-refractivity contribution in [1.29, 1.82) is 0 Å². The quantitative estimate of drug-likeness (QED) is 0.498. The highest BCUT2D eigenvalue weighted by Gasteiger charge is 2.53. The lowest BCUT2D eigenvalue weighted by molar-refractivity contribution is 0.00578. The Morgan fingerprint density at radius 2 is 1.69 bits per heavy atom. The second-order valence-corrected chi connectivity index (χ2v) is 6.00. The molecule has 2 aliphatic rings. The first-order valence-corrected chi connectivity index (χ1v) is 6.45. The van der Waals surface area contributed by atoms with Gasteiger partial charge in [-0.15, -0.1) is 0 Å². The van der Waals surface area contributed by atoms with E-state index < -0.39 is 0 Å². The monoisotopic (exact) mass is 222 g/mol. The SMILES string of the molecule is CC1(C)OB(C2C=CCCCC2)OC1(C)C. The zero-order chi connectivity index (χ0) is 11.8. The van der Waals surface area contributed by atoms with Crippen LogP contribution in [0, 0.1) is 0 Å². The molecule has 0 aromatic heterocycles. The maximum atomic E-state index is 6.09. The molecule has 0 spiro atoms. The summed E-state index contributed by atoms with van der Waals surface area (Å²) in [4.78, 5) is 0. The van der Waals surface area contributed by atoms with E-state index in [4.69, 9.17) is 9.31 Å². The van der Waals surface area contributed by atoms with Crippen LogP contribution in [0.1, 0.15) is 53.4 Å². The Labute approximate surface area is 99.5 Å². The van der Waals surface area contributed by atoms with Crippen molar-refractivity contribution >= 4 is 7.12 Å². The van der Waals surface area contributed by atoms with Crippen LogP contribution in [0.15, 0.2) is 12.2 Å². The van der Waals surface area contributed by atoms with E-state index in [0.29, 0.717) is 5.82 Å². The fourth-order valence-electron chi connectivity index (χ4n) is 2.30. The Morgan fingerprint density at radius 3 is 2.31 bits per heavy atom. The molecule has 2 rings (SSSR count). The number of allylic oxidation sites excluding steroid dienone is 2. The van der Waals surface area contributed by atoms with E-state index in [1.807, 2.05) is 0 Å². The molecule has 0 bridgehead atoms. The number of hydrogen-bond donors (Lipinski definition) is 0. The first kappa shape index (κ1) is 12.2. The minimum absolute atomic E-state index is 0.0562. The average molecular weight is 222 g/mol. The van der Waals surface area contributed by atoms with Gasteiger partial charge in [0.15, 0.2) is 0 Å². The summed E-state index contributed by atoms with van der Waals surface area (Å²) in [6.45, 7) is 8.47. The van der Waals surface area contributed by atoms with Crippen molar-refractivity contribution in [2.45, 2.75) is 70.4 Å². The van der Waals surface area contributed by atoms with Crippen molar-refractivity contribution in [2.24, 2.45) is 0 Å². The van der Waals surface area contributed by atoms with Crippen LogP contribution in [0.5, 0.6) is 0 Å². The lowest BCUT2D eigenvalue weighted by Crippen LogP contribution is -2.41. The molecule has 16 heavy (non-hydrogen) atoms. The largest absolute Gasteiger partial charge is 0.465 e. The van der Waals surface area contributed by atoms with Gasteiger partial charge in [0.05, 0.1) is 11.2 Å². The molecule has 0 radical (unpaired) electrons. The normalized spacial score (nSPS) is 32.8. The van der Waals surface area contributed by atoms with Crippen LogP contribution in [0.4, 0.5) is 0 Å². The maximum Gasteiger partial charge on any atom is 0.465 e. The molecule has 1 aliphatic carbocycles. The molecule has 0 saturated carbocycles. The number of rotatable bonds is 1. The highest BCUT2D eigenvalue weighted by molar-refractivity contribution is 6.48. The van der Waals surface area contributed by atoms with E-state index in [-0.39, 0.29) is 18.3 Å². The van der Waals surface area contributed by atoms with Gasteiger partial charge in [-0.1, -0.05) is 18.6 Å². The van der Waals surface area contributed by atoms with Gasteiger partial charge >= 0.3 is 7.12 Å². The van der Waals surface area contributed by atoms with Crippen molar-refractivity contribution in [1.82, 2.24) is 0 Å². The fourth-order valence-corrected chi connectivity index (χ4v) is 2.30. The third kappa shape index (κ3) is 2.21. The summed E-state index contributed by atoms with van der Waals surface area (Å²) in [7, 11) is -0.0562. The summed E-state index contributed by atoms with van der Waals surface area (Å²) >= 11 is 0. The molecule has 3 heteroatoms. The second-order valence-electron chi connectivity index (χ2n) is 6.00. The lowest BCUT2D eigenvalue weighted by atomic mass is 9.69. The third-order valence-corrected chi connectivity index (χ3v) is 4.16. The summed E-state index contributed by atoms with van der Waals surface area (Å²) < 4.78 is 12.2. The fraction of sp³-hybridized carbons (Fsp3) is 0.846. The molecule has 1 aliphatic heterocycles. The van der Waals surface area contributed by atoms with E-state index in [2.05, 4.69) is 39.8 Å². The Bertz CT molecular complexity index is 268. The molecule has 0 aromatic carbocycles. The van der Waals surface area contributed by atoms with Crippen LogP contribution in [0.25, 0.3) is 0 Å². The summed E-state index contributed by atoms with van der Waals surface area (Å²) in [5, 5.41) is 0. The van der Waals surface area contributed by atoms with E-state index in [9.17, 15) is 0 Å². The minimum atomic E-state index is -0.197. The first-order valence-electron chi connectivity index (χ1n) is 6.45. The molecular formula is C13H23BO2. The molecule has 2 nitrogen and oxygen atoms in total. The zero-order valence-corrected chi connectivity index (χ0v) is 11.0. The van der Waals surface area contributed by atoms with Gasteiger partial charge < -0.3 is 9.31 Å². The van der Waals surface area contributed by atoms with E-state index in [1.54, 1.807) is 0 Å². The van der Waals surface area contributed by atoms with Gasteiger partial charge in [-0.05, 0) is 47.0 Å². The topological polar surface area (TPSA) is 18.5 Å².